The molecule has 1 nitrogen and oxygen atoms in total. The van der Waals surface area contributed by atoms with Crippen molar-refractivity contribution in [1.29, 1.82) is 0 Å². The molecule has 2 aromatic rings. The van der Waals surface area contributed by atoms with Crippen LogP contribution in [0.2, 0.25) is 0 Å². The van der Waals surface area contributed by atoms with Gasteiger partial charge in [0.1, 0.15) is 0 Å². The fourth-order valence-corrected chi connectivity index (χ4v) is 3.59. The zero-order chi connectivity index (χ0) is 13.1. The van der Waals surface area contributed by atoms with Crippen LogP contribution in [0.4, 0.5) is 0 Å². The lowest BCUT2D eigenvalue weighted by molar-refractivity contribution is 0.0993. The molecule has 94 valence electrons. The van der Waals surface area contributed by atoms with Gasteiger partial charge in [-0.15, -0.1) is 11.3 Å². The minimum Gasteiger partial charge on any atom is -0.294 e. The second-order valence-electron chi connectivity index (χ2n) is 3.95. The first kappa shape index (κ1) is 14.2. The molecular formula is C14H12BrIOS. The first-order chi connectivity index (χ1) is 8.60. The Labute approximate surface area is 133 Å². The van der Waals surface area contributed by atoms with Crippen molar-refractivity contribution in [2.75, 3.05) is 0 Å². The standard InChI is InChI=1S/C14H12BrIOS/c1-2-10-4-5-11(18-10)8-14(17)12-7-9(16)3-6-13(12)15/h3-7H,2,8H2,1H3. The summed E-state index contributed by atoms with van der Waals surface area (Å²) in [5.74, 6) is 0.171. The molecule has 0 unspecified atom stereocenters. The molecule has 1 aromatic carbocycles. The molecule has 1 aromatic heterocycles. The van der Waals surface area contributed by atoms with E-state index < -0.39 is 0 Å². The number of benzene rings is 1. The van der Waals surface area contributed by atoms with Crippen LogP contribution < -0.4 is 0 Å². The topological polar surface area (TPSA) is 17.1 Å². The van der Waals surface area contributed by atoms with Gasteiger partial charge in [-0.25, -0.2) is 0 Å². The molecule has 0 saturated heterocycles. The van der Waals surface area contributed by atoms with Gasteiger partial charge in [0.15, 0.2) is 5.78 Å². The summed E-state index contributed by atoms with van der Waals surface area (Å²) in [6, 6.07) is 10.0. The predicted molar refractivity (Wildman–Crippen MR) is 88.6 cm³/mol. The molecule has 0 radical (unpaired) electrons. The highest BCUT2D eigenvalue weighted by atomic mass is 127. The van der Waals surface area contributed by atoms with Crippen molar-refractivity contribution in [2.45, 2.75) is 19.8 Å². The molecular weight excluding hydrogens is 423 g/mol. The minimum absolute atomic E-state index is 0.171. The van der Waals surface area contributed by atoms with Crippen LogP contribution in [0.3, 0.4) is 0 Å². The summed E-state index contributed by atoms with van der Waals surface area (Å²) in [5, 5.41) is 0. The maximum absolute atomic E-state index is 12.3. The summed E-state index contributed by atoms with van der Waals surface area (Å²) >= 11 is 7.40. The number of rotatable bonds is 4. The Kier molecular flexibility index (Phi) is 4.98. The smallest absolute Gasteiger partial charge is 0.169 e. The quantitative estimate of drug-likeness (QED) is 0.483. The normalized spacial score (nSPS) is 10.6. The SMILES string of the molecule is CCc1ccc(CC(=O)c2cc(I)ccc2Br)s1. The summed E-state index contributed by atoms with van der Waals surface area (Å²) in [6.45, 7) is 2.13. The van der Waals surface area contributed by atoms with Gasteiger partial charge in [0, 0.05) is 29.8 Å². The predicted octanol–water partition coefficient (Wildman–Crippen LogP) is 5.10. The maximum Gasteiger partial charge on any atom is 0.169 e. The van der Waals surface area contributed by atoms with Gasteiger partial charge in [0.25, 0.3) is 0 Å². The highest BCUT2D eigenvalue weighted by Crippen LogP contribution is 2.23. The van der Waals surface area contributed by atoms with Gasteiger partial charge < -0.3 is 0 Å². The molecule has 0 aliphatic rings. The van der Waals surface area contributed by atoms with Crippen LogP contribution in [-0.4, -0.2) is 5.78 Å². The molecule has 0 bridgehead atoms. The van der Waals surface area contributed by atoms with Crippen molar-refractivity contribution in [3.8, 4) is 0 Å². The van der Waals surface area contributed by atoms with Crippen LogP contribution in [0.1, 0.15) is 27.0 Å². The number of aryl methyl sites for hydroxylation is 1. The molecule has 0 aliphatic carbocycles. The van der Waals surface area contributed by atoms with E-state index in [9.17, 15) is 4.79 Å². The molecule has 0 spiro atoms. The first-order valence-corrected chi connectivity index (χ1v) is 8.35. The molecule has 0 atom stereocenters. The van der Waals surface area contributed by atoms with Gasteiger partial charge >= 0.3 is 0 Å². The van der Waals surface area contributed by atoms with E-state index in [-0.39, 0.29) is 5.78 Å². The van der Waals surface area contributed by atoms with E-state index in [0.717, 1.165) is 24.9 Å². The molecule has 4 heteroatoms. The summed E-state index contributed by atoms with van der Waals surface area (Å²) in [4.78, 5) is 14.7. The molecule has 0 N–H and O–H groups in total. The van der Waals surface area contributed by atoms with Crippen LogP contribution in [0, 0.1) is 3.57 Å². The van der Waals surface area contributed by atoms with Crippen molar-refractivity contribution in [3.63, 3.8) is 0 Å². The van der Waals surface area contributed by atoms with Crippen LogP contribution in [0.5, 0.6) is 0 Å². The molecule has 0 amide bonds. The van der Waals surface area contributed by atoms with Gasteiger partial charge in [-0.3, -0.25) is 4.79 Å². The molecule has 1 heterocycles. The largest absolute Gasteiger partial charge is 0.294 e. The van der Waals surface area contributed by atoms with E-state index in [1.807, 2.05) is 18.2 Å². The van der Waals surface area contributed by atoms with Crippen molar-refractivity contribution < 1.29 is 4.79 Å². The molecule has 0 fully saturated rings. The van der Waals surface area contributed by atoms with Crippen molar-refractivity contribution in [2.24, 2.45) is 0 Å². The number of halogens is 2. The number of carbonyl (C=O) groups excluding carboxylic acids is 1. The van der Waals surface area contributed by atoms with Crippen LogP contribution >= 0.6 is 49.9 Å². The Morgan fingerprint density at radius 3 is 2.67 bits per heavy atom. The van der Waals surface area contributed by atoms with E-state index in [0.29, 0.717) is 6.42 Å². The Morgan fingerprint density at radius 2 is 2.00 bits per heavy atom. The highest BCUT2D eigenvalue weighted by molar-refractivity contribution is 14.1. The molecule has 18 heavy (non-hydrogen) atoms. The molecule has 0 saturated carbocycles. The Balaban J connectivity index is 2.19. The van der Waals surface area contributed by atoms with Crippen LogP contribution in [-0.2, 0) is 12.8 Å². The number of hydrogen-bond donors (Lipinski definition) is 0. The lowest BCUT2D eigenvalue weighted by Crippen LogP contribution is -2.03. The zero-order valence-corrected chi connectivity index (χ0v) is 14.4. The minimum atomic E-state index is 0.171. The van der Waals surface area contributed by atoms with E-state index >= 15 is 0 Å². The first-order valence-electron chi connectivity index (χ1n) is 5.66. The van der Waals surface area contributed by atoms with Crippen LogP contribution in [0.15, 0.2) is 34.8 Å². The Morgan fingerprint density at radius 1 is 1.28 bits per heavy atom. The van der Waals surface area contributed by atoms with Crippen molar-refractivity contribution in [1.82, 2.24) is 0 Å². The second-order valence-corrected chi connectivity index (χ2v) is 7.30. The number of hydrogen-bond acceptors (Lipinski definition) is 2. The monoisotopic (exact) mass is 434 g/mol. The van der Waals surface area contributed by atoms with Gasteiger partial charge in [0.2, 0.25) is 0 Å². The van der Waals surface area contributed by atoms with E-state index in [1.54, 1.807) is 11.3 Å². The summed E-state index contributed by atoms with van der Waals surface area (Å²) in [7, 11) is 0. The van der Waals surface area contributed by atoms with Crippen molar-refractivity contribution >= 4 is 55.6 Å². The third kappa shape index (κ3) is 3.42. The number of ketones is 1. The summed E-state index contributed by atoms with van der Waals surface area (Å²) in [5.41, 5.74) is 0.772. The fourth-order valence-electron chi connectivity index (χ4n) is 1.67. The average Bonchev–Trinajstić information content (AvgIpc) is 2.80. The van der Waals surface area contributed by atoms with Gasteiger partial charge in [-0.2, -0.15) is 0 Å². The third-order valence-electron chi connectivity index (χ3n) is 2.63. The highest BCUT2D eigenvalue weighted by Gasteiger charge is 2.12. The number of thiophene rings is 1. The summed E-state index contributed by atoms with van der Waals surface area (Å²) < 4.78 is 1.96. The van der Waals surface area contributed by atoms with E-state index in [1.165, 1.54) is 4.88 Å². The fraction of sp³-hybridized carbons (Fsp3) is 0.214. The third-order valence-corrected chi connectivity index (χ3v) is 5.22. The van der Waals surface area contributed by atoms with E-state index in [4.69, 9.17) is 0 Å². The van der Waals surface area contributed by atoms with Gasteiger partial charge in [-0.1, -0.05) is 22.9 Å². The van der Waals surface area contributed by atoms with Crippen molar-refractivity contribution in [3.05, 3.63) is 53.7 Å². The Hall–Kier alpha value is -0.200. The van der Waals surface area contributed by atoms with Crippen LogP contribution in [0.25, 0.3) is 0 Å². The summed E-state index contributed by atoms with van der Waals surface area (Å²) in [6.07, 6.45) is 1.52. The molecule has 2 rings (SSSR count). The van der Waals surface area contributed by atoms with E-state index in [2.05, 4.69) is 57.6 Å². The maximum atomic E-state index is 12.3. The second kappa shape index (κ2) is 6.30. The lowest BCUT2D eigenvalue weighted by Gasteiger charge is -2.03. The average molecular weight is 435 g/mol. The molecule has 0 aliphatic heterocycles. The lowest BCUT2D eigenvalue weighted by atomic mass is 10.1. The van der Waals surface area contributed by atoms with Gasteiger partial charge in [-0.05, 0) is 59.3 Å². The zero-order valence-electron chi connectivity index (χ0n) is 9.87. The van der Waals surface area contributed by atoms with Gasteiger partial charge in [0.05, 0.1) is 0 Å². The Bertz CT molecular complexity index is 577. The number of carbonyl (C=O) groups is 1. The number of Topliss-reactive ketones (excluding diaryl/α,β-unsaturated/α-hetero) is 1.